The van der Waals surface area contributed by atoms with Crippen LogP contribution in [0.15, 0.2) is 24.3 Å². The van der Waals surface area contributed by atoms with Gasteiger partial charge >= 0.3 is 0 Å². The van der Waals surface area contributed by atoms with Gasteiger partial charge in [0, 0.05) is 11.8 Å². The number of sulfone groups is 1. The Labute approximate surface area is 97.6 Å². The predicted molar refractivity (Wildman–Crippen MR) is 67.0 cm³/mol. The molecule has 2 N–H and O–H groups in total. The lowest BCUT2D eigenvalue weighted by Crippen LogP contribution is -2.32. The summed E-state index contributed by atoms with van der Waals surface area (Å²) in [6.45, 7) is 5.29. The van der Waals surface area contributed by atoms with Crippen LogP contribution in [0.1, 0.15) is 31.0 Å². The molecule has 4 heteroatoms. The molecule has 0 fully saturated rings. The third kappa shape index (κ3) is 2.83. The van der Waals surface area contributed by atoms with Crippen molar-refractivity contribution < 1.29 is 8.42 Å². The second-order valence-electron chi connectivity index (χ2n) is 4.10. The van der Waals surface area contributed by atoms with Crippen LogP contribution in [0.2, 0.25) is 0 Å². The molecule has 0 spiro atoms. The first-order valence-electron chi connectivity index (χ1n) is 5.42. The van der Waals surface area contributed by atoms with E-state index in [0.29, 0.717) is 0 Å². The van der Waals surface area contributed by atoms with Crippen LogP contribution < -0.4 is 5.73 Å². The number of hydrogen-bond acceptors (Lipinski definition) is 3. The Bertz CT molecular complexity index is 454. The van der Waals surface area contributed by atoms with E-state index >= 15 is 0 Å². The molecule has 0 saturated carbocycles. The van der Waals surface area contributed by atoms with Gasteiger partial charge in [-0.25, -0.2) is 8.42 Å². The molecule has 0 aliphatic carbocycles. The maximum Gasteiger partial charge on any atom is 0.154 e. The van der Waals surface area contributed by atoms with E-state index in [0.717, 1.165) is 11.1 Å². The molecule has 0 aliphatic rings. The van der Waals surface area contributed by atoms with E-state index in [1.807, 2.05) is 31.2 Å². The predicted octanol–water partition coefficient (Wildman–Crippen LogP) is 1.82. The average molecular weight is 241 g/mol. The van der Waals surface area contributed by atoms with Gasteiger partial charge in [-0.1, -0.05) is 36.8 Å². The topological polar surface area (TPSA) is 60.2 Å². The Morgan fingerprint density at radius 1 is 1.38 bits per heavy atom. The second kappa shape index (κ2) is 4.97. The molecule has 0 saturated heterocycles. The molecule has 16 heavy (non-hydrogen) atoms. The van der Waals surface area contributed by atoms with Crippen molar-refractivity contribution in [1.82, 2.24) is 0 Å². The maximum absolute atomic E-state index is 11.7. The van der Waals surface area contributed by atoms with Crippen LogP contribution in [-0.2, 0) is 9.84 Å². The van der Waals surface area contributed by atoms with Crippen molar-refractivity contribution >= 4 is 9.84 Å². The summed E-state index contributed by atoms with van der Waals surface area (Å²) in [6.07, 6.45) is 0. The van der Waals surface area contributed by atoms with Crippen LogP contribution in [-0.4, -0.2) is 19.4 Å². The summed E-state index contributed by atoms with van der Waals surface area (Å²) in [5, 5.41) is -0.542. The normalized spacial score (nSPS) is 15.8. The van der Waals surface area contributed by atoms with Crippen molar-refractivity contribution in [2.45, 2.75) is 32.1 Å². The zero-order valence-corrected chi connectivity index (χ0v) is 10.8. The van der Waals surface area contributed by atoms with Crippen molar-refractivity contribution in [2.75, 3.05) is 5.75 Å². The highest BCUT2D eigenvalue weighted by Gasteiger charge is 2.26. The molecule has 0 aliphatic heterocycles. The molecular weight excluding hydrogens is 222 g/mol. The van der Waals surface area contributed by atoms with E-state index in [4.69, 9.17) is 5.73 Å². The molecule has 2 atom stereocenters. The Morgan fingerprint density at radius 2 is 2.00 bits per heavy atom. The zero-order chi connectivity index (χ0) is 12.3. The van der Waals surface area contributed by atoms with E-state index in [-0.39, 0.29) is 5.75 Å². The Balaban J connectivity index is 2.99. The number of benzene rings is 1. The Morgan fingerprint density at radius 3 is 2.50 bits per heavy atom. The Hall–Kier alpha value is -0.870. The smallest absolute Gasteiger partial charge is 0.154 e. The van der Waals surface area contributed by atoms with Gasteiger partial charge in [0.05, 0.1) is 5.25 Å². The fourth-order valence-corrected chi connectivity index (χ4v) is 2.76. The van der Waals surface area contributed by atoms with Gasteiger partial charge in [-0.2, -0.15) is 0 Å². The van der Waals surface area contributed by atoms with Crippen LogP contribution in [0.5, 0.6) is 0 Å². The lowest BCUT2D eigenvalue weighted by molar-refractivity contribution is 0.566. The van der Waals surface area contributed by atoms with Crippen molar-refractivity contribution in [3.63, 3.8) is 0 Å². The zero-order valence-electron chi connectivity index (χ0n) is 9.97. The van der Waals surface area contributed by atoms with Gasteiger partial charge in [0.25, 0.3) is 0 Å². The minimum Gasteiger partial charge on any atom is -0.323 e. The number of hydrogen-bond donors (Lipinski definition) is 1. The molecule has 90 valence electrons. The maximum atomic E-state index is 11.7. The SMILES string of the molecule is CCS(=O)(=O)[C@H](C)[C@@H](N)c1cccc(C)c1. The molecule has 1 aromatic carbocycles. The minimum atomic E-state index is -3.08. The van der Waals surface area contributed by atoms with Crippen molar-refractivity contribution in [3.05, 3.63) is 35.4 Å². The molecular formula is C12H19NO2S. The summed E-state index contributed by atoms with van der Waals surface area (Å²) in [5.74, 6) is 0.133. The van der Waals surface area contributed by atoms with Gasteiger partial charge in [0.15, 0.2) is 9.84 Å². The van der Waals surface area contributed by atoms with Crippen molar-refractivity contribution in [1.29, 1.82) is 0 Å². The van der Waals surface area contributed by atoms with E-state index in [1.54, 1.807) is 13.8 Å². The quantitative estimate of drug-likeness (QED) is 0.874. The second-order valence-corrected chi connectivity index (χ2v) is 6.74. The van der Waals surface area contributed by atoms with Gasteiger partial charge in [-0.05, 0) is 19.4 Å². The largest absolute Gasteiger partial charge is 0.323 e. The summed E-state index contributed by atoms with van der Waals surface area (Å²) < 4.78 is 23.4. The number of aryl methyl sites for hydroxylation is 1. The van der Waals surface area contributed by atoms with Crippen LogP contribution in [0.25, 0.3) is 0 Å². The summed E-state index contributed by atoms with van der Waals surface area (Å²) in [7, 11) is -3.08. The standard InChI is InChI=1S/C12H19NO2S/c1-4-16(14,15)10(3)12(13)11-7-5-6-9(2)8-11/h5-8,10,12H,4,13H2,1-3H3/t10-,12-/m1/s1. The monoisotopic (exact) mass is 241 g/mol. The average Bonchev–Trinajstić information content (AvgIpc) is 2.27. The van der Waals surface area contributed by atoms with Crippen LogP contribution in [0.3, 0.4) is 0 Å². The first-order valence-corrected chi connectivity index (χ1v) is 7.13. The fraction of sp³-hybridized carbons (Fsp3) is 0.500. The summed E-state index contributed by atoms with van der Waals surface area (Å²) in [5.41, 5.74) is 7.96. The molecule has 0 heterocycles. The lowest BCUT2D eigenvalue weighted by Gasteiger charge is -2.20. The van der Waals surface area contributed by atoms with Crippen LogP contribution in [0, 0.1) is 6.92 Å². The third-order valence-electron chi connectivity index (χ3n) is 2.90. The minimum absolute atomic E-state index is 0.133. The van der Waals surface area contributed by atoms with Crippen LogP contribution in [0.4, 0.5) is 0 Å². The highest BCUT2D eigenvalue weighted by atomic mass is 32.2. The molecule has 0 radical (unpaired) electrons. The molecule has 1 aromatic rings. The van der Waals surface area contributed by atoms with Gasteiger partial charge in [-0.3, -0.25) is 0 Å². The summed E-state index contributed by atoms with van der Waals surface area (Å²) >= 11 is 0. The van der Waals surface area contributed by atoms with E-state index in [9.17, 15) is 8.42 Å². The summed E-state index contributed by atoms with van der Waals surface area (Å²) in [6, 6.07) is 7.22. The fourth-order valence-electron chi connectivity index (χ4n) is 1.63. The highest BCUT2D eigenvalue weighted by molar-refractivity contribution is 7.92. The van der Waals surface area contributed by atoms with Gasteiger partial charge < -0.3 is 5.73 Å². The van der Waals surface area contributed by atoms with Crippen molar-refractivity contribution in [3.8, 4) is 0 Å². The first-order chi connectivity index (χ1) is 7.38. The third-order valence-corrected chi connectivity index (χ3v) is 5.13. The molecule has 3 nitrogen and oxygen atoms in total. The Kier molecular flexibility index (Phi) is 4.10. The van der Waals surface area contributed by atoms with Crippen LogP contribution >= 0.6 is 0 Å². The number of rotatable bonds is 4. The molecule has 1 rings (SSSR count). The van der Waals surface area contributed by atoms with E-state index in [2.05, 4.69) is 0 Å². The lowest BCUT2D eigenvalue weighted by atomic mass is 10.0. The van der Waals surface area contributed by atoms with Gasteiger partial charge in [0.2, 0.25) is 0 Å². The molecule has 0 bridgehead atoms. The number of nitrogens with two attached hydrogens (primary N) is 1. The van der Waals surface area contributed by atoms with E-state index < -0.39 is 21.1 Å². The molecule has 0 aromatic heterocycles. The first kappa shape index (κ1) is 13.2. The van der Waals surface area contributed by atoms with Gasteiger partial charge in [-0.15, -0.1) is 0 Å². The van der Waals surface area contributed by atoms with Crippen molar-refractivity contribution in [2.24, 2.45) is 5.73 Å². The highest BCUT2D eigenvalue weighted by Crippen LogP contribution is 2.20. The van der Waals surface area contributed by atoms with Gasteiger partial charge in [0.1, 0.15) is 0 Å². The molecule has 0 amide bonds. The van der Waals surface area contributed by atoms with E-state index in [1.165, 1.54) is 0 Å². The summed E-state index contributed by atoms with van der Waals surface area (Å²) in [4.78, 5) is 0. The molecule has 0 unspecified atom stereocenters.